The monoisotopic (exact) mass is 461 g/mol. The Morgan fingerprint density at radius 3 is 2.61 bits per heavy atom. The molecule has 1 aliphatic carbocycles. The van der Waals surface area contributed by atoms with Gasteiger partial charge < -0.3 is 10.1 Å². The lowest BCUT2D eigenvalue weighted by atomic mass is 9.75. The number of nitrogens with one attached hydrogen (secondary N) is 1. The second kappa shape index (κ2) is 9.48. The number of halogens is 1. The number of fused-ring (bicyclic) bond motifs is 1. The fourth-order valence-electron chi connectivity index (χ4n) is 4.97. The molecule has 4 aromatic rings. The molecule has 2 aromatic heterocycles. The zero-order valence-electron chi connectivity index (χ0n) is 18.9. The molecule has 0 aliphatic heterocycles. The van der Waals surface area contributed by atoms with Crippen molar-refractivity contribution in [3.8, 4) is 17.0 Å². The Labute approximate surface area is 197 Å². The summed E-state index contributed by atoms with van der Waals surface area (Å²) < 4.78 is 19.1. The van der Waals surface area contributed by atoms with Crippen LogP contribution in [0.2, 0.25) is 0 Å². The number of aromatic nitrogens is 2. The maximum Gasteiger partial charge on any atom is 0.183 e. The van der Waals surface area contributed by atoms with Crippen LogP contribution in [0.15, 0.2) is 60.1 Å². The van der Waals surface area contributed by atoms with E-state index in [1.54, 1.807) is 30.6 Å². The number of ether oxygens (including phenoxy) is 1. The molecule has 0 radical (unpaired) electrons. The van der Waals surface area contributed by atoms with E-state index in [1.807, 2.05) is 30.5 Å². The lowest BCUT2D eigenvalue weighted by molar-refractivity contribution is 0.302. The average molecular weight is 462 g/mol. The van der Waals surface area contributed by atoms with Crippen molar-refractivity contribution in [3.05, 3.63) is 71.5 Å². The van der Waals surface area contributed by atoms with Gasteiger partial charge in [0, 0.05) is 28.6 Å². The van der Waals surface area contributed by atoms with Crippen molar-refractivity contribution >= 4 is 27.4 Å². The van der Waals surface area contributed by atoms with Gasteiger partial charge in [0.2, 0.25) is 0 Å². The number of hydrogen-bond donors (Lipinski definition) is 1. The minimum absolute atomic E-state index is 0.194. The van der Waals surface area contributed by atoms with Gasteiger partial charge >= 0.3 is 0 Å². The molecular weight excluding hydrogens is 433 g/mol. The van der Waals surface area contributed by atoms with Crippen LogP contribution in [0.1, 0.15) is 44.1 Å². The second-order valence-corrected chi connectivity index (χ2v) is 9.73. The van der Waals surface area contributed by atoms with Gasteiger partial charge in [0.15, 0.2) is 5.13 Å². The molecule has 0 spiro atoms. The fraction of sp³-hybridized carbons (Fsp3) is 0.333. The smallest absolute Gasteiger partial charge is 0.183 e. The van der Waals surface area contributed by atoms with E-state index in [0.29, 0.717) is 17.9 Å². The highest BCUT2D eigenvalue weighted by Gasteiger charge is 2.27. The predicted molar refractivity (Wildman–Crippen MR) is 134 cm³/mol. The van der Waals surface area contributed by atoms with Crippen molar-refractivity contribution < 1.29 is 9.13 Å². The van der Waals surface area contributed by atoms with Gasteiger partial charge in [-0.25, -0.2) is 9.37 Å². The molecule has 33 heavy (non-hydrogen) atoms. The molecule has 170 valence electrons. The molecule has 1 N–H and O–H groups in total. The van der Waals surface area contributed by atoms with Crippen LogP contribution in [0.3, 0.4) is 0 Å². The third-order valence-corrected chi connectivity index (χ3v) is 7.67. The lowest BCUT2D eigenvalue weighted by Crippen LogP contribution is -2.29. The van der Waals surface area contributed by atoms with E-state index in [0.717, 1.165) is 58.7 Å². The van der Waals surface area contributed by atoms with Crippen molar-refractivity contribution in [1.29, 1.82) is 0 Å². The molecule has 6 heteroatoms. The molecule has 2 heterocycles. The normalized spacial score (nSPS) is 19.4. The molecule has 0 saturated heterocycles. The Kier molecular flexibility index (Phi) is 6.27. The average Bonchev–Trinajstić information content (AvgIpc) is 3.32. The summed E-state index contributed by atoms with van der Waals surface area (Å²) in [6, 6.07) is 15.3. The highest BCUT2D eigenvalue weighted by Crippen LogP contribution is 2.40. The van der Waals surface area contributed by atoms with Gasteiger partial charge in [0.25, 0.3) is 0 Å². The molecular formula is C27H28FN3OS. The van der Waals surface area contributed by atoms with E-state index in [4.69, 9.17) is 9.72 Å². The quantitative estimate of drug-likeness (QED) is 0.328. The first kappa shape index (κ1) is 21.8. The molecule has 1 atom stereocenters. The summed E-state index contributed by atoms with van der Waals surface area (Å²) >= 11 is 1.65. The zero-order valence-corrected chi connectivity index (χ0v) is 19.7. The van der Waals surface area contributed by atoms with Crippen molar-refractivity contribution in [1.82, 2.24) is 9.97 Å². The number of thiazole rings is 1. The number of pyridine rings is 1. The minimum Gasteiger partial charge on any atom is -0.497 e. The molecule has 1 aliphatic rings. The van der Waals surface area contributed by atoms with E-state index in [1.165, 1.54) is 11.6 Å². The van der Waals surface area contributed by atoms with E-state index in [-0.39, 0.29) is 5.82 Å². The van der Waals surface area contributed by atoms with E-state index in [9.17, 15) is 4.39 Å². The summed E-state index contributed by atoms with van der Waals surface area (Å²) in [6.07, 6.45) is 6.38. The van der Waals surface area contributed by atoms with Crippen LogP contribution in [0.25, 0.3) is 22.2 Å². The van der Waals surface area contributed by atoms with Crippen LogP contribution in [-0.2, 0) is 0 Å². The number of methoxy groups -OCH3 is 1. The standard InChI is InChI=1S/C27H28FN3OS/c1-17(30-27-31-26(16-33-27)20-7-10-22(32-2)11-8-20)18-3-5-19(6-4-18)23-13-14-29-25-12-9-21(28)15-24(23)25/h7-19H,3-6H2,1-2H3,(H,30,31)/t17-,18?,19?/m1/s1. The van der Waals surface area contributed by atoms with E-state index in [2.05, 4.69) is 28.7 Å². The Bertz CT molecular complexity index is 1230. The molecule has 5 rings (SSSR count). The summed E-state index contributed by atoms with van der Waals surface area (Å²) in [5, 5.41) is 7.66. The van der Waals surface area contributed by atoms with Gasteiger partial charge in [-0.3, -0.25) is 4.98 Å². The van der Waals surface area contributed by atoms with Crippen LogP contribution in [0.4, 0.5) is 9.52 Å². The SMILES string of the molecule is COc1ccc(-c2csc(N[C@H](C)C3CCC(c4ccnc5ccc(F)cc45)CC3)n2)cc1. The first-order valence-corrected chi connectivity index (χ1v) is 12.4. The number of nitrogens with zero attached hydrogens (tertiary/aromatic N) is 2. The van der Waals surface area contributed by atoms with Crippen molar-refractivity contribution in [2.75, 3.05) is 12.4 Å². The summed E-state index contributed by atoms with van der Waals surface area (Å²) in [5.74, 6) is 1.71. The van der Waals surface area contributed by atoms with Gasteiger partial charge in [-0.15, -0.1) is 11.3 Å². The fourth-order valence-corrected chi connectivity index (χ4v) is 5.79. The van der Waals surface area contributed by atoms with Crippen LogP contribution in [-0.4, -0.2) is 23.1 Å². The molecule has 1 saturated carbocycles. The van der Waals surface area contributed by atoms with Gasteiger partial charge in [0.05, 0.1) is 18.3 Å². The summed E-state index contributed by atoms with van der Waals surface area (Å²) in [5.41, 5.74) is 4.19. The molecule has 0 amide bonds. The van der Waals surface area contributed by atoms with Crippen molar-refractivity contribution in [2.45, 2.75) is 44.6 Å². The molecule has 2 aromatic carbocycles. The second-order valence-electron chi connectivity index (χ2n) is 8.87. The summed E-state index contributed by atoms with van der Waals surface area (Å²) in [7, 11) is 1.67. The first-order valence-electron chi connectivity index (χ1n) is 11.5. The van der Waals surface area contributed by atoms with Gasteiger partial charge in [-0.1, -0.05) is 0 Å². The number of anilines is 1. The number of hydrogen-bond acceptors (Lipinski definition) is 5. The third kappa shape index (κ3) is 4.71. The molecule has 0 bridgehead atoms. The third-order valence-electron chi connectivity index (χ3n) is 6.90. The van der Waals surface area contributed by atoms with Gasteiger partial charge in [0.1, 0.15) is 11.6 Å². The number of benzene rings is 2. The maximum absolute atomic E-state index is 13.9. The largest absolute Gasteiger partial charge is 0.497 e. The zero-order chi connectivity index (χ0) is 22.8. The Balaban J connectivity index is 1.21. The Morgan fingerprint density at radius 1 is 1.06 bits per heavy atom. The Morgan fingerprint density at radius 2 is 1.85 bits per heavy atom. The molecule has 0 unspecified atom stereocenters. The van der Waals surface area contributed by atoms with Crippen molar-refractivity contribution in [3.63, 3.8) is 0 Å². The van der Waals surface area contributed by atoms with Crippen LogP contribution < -0.4 is 10.1 Å². The molecule has 4 nitrogen and oxygen atoms in total. The minimum atomic E-state index is -0.194. The highest BCUT2D eigenvalue weighted by atomic mass is 32.1. The first-order chi connectivity index (χ1) is 16.1. The summed E-state index contributed by atoms with van der Waals surface area (Å²) in [6.45, 7) is 2.26. The van der Waals surface area contributed by atoms with Gasteiger partial charge in [-0.2, -0.15) is 0 Å². The van der Waals surface area contributed by atoms with Crippen LogP contribution in [0.5, 0.6) is 5.75 Å². The summed E-state index contributed by atoms with van der Waals surface area (Å²) in [4.78, 5) is 9.21. The molecule has 1 fully saturated rings. The van der Waals surface area contributed by atoms with Gasteiger partial charge in [-0.05, 0) is 98.5 Å². The number of rotatable bonds is 6. The predicted octanol–water partition coefficient (Wildman–Crippen LogP) is 7.28. The van der Waals surface area contributed by atoms with Crippen LogP contribution >= 0.6 is 11.3 Å². The Hall–Kier alpha value is -2.99. The van der Waals surface area contributed by atoms with Crippen molar-refractivity contribution in [2.24, 2.45) is 5.92 Å². The lowest BCUT2D eigenvalue weighted by Gasteiger charge is -2.33. The maximum atomic E-state index is 13.9. The van der Waals surface area contributed by atoms with E-state index < -0.39 is 0 Å². The highest BCUT2D eigenvalue weighted by molar-refractivity contribution is 7.14. The van der Waals surface area contributed by atoms with E-state index >= 15 is 0 Å². The topological polar surface area (TPSA) is 47.0 Å². The van der Waals surface area contributed by atoms with Crippen LogP contribution in [0, 0.1) is 11.7 Å².